The predicted molar refractivity (Wildman–Crippen MR) is 55.7 cm³/mol. The minimum absolute atomic E-state index is 0.114. The summed E-state index contributed by atoms with van der Waals surface area (Å²) in [5.41, 5.74) is 1.42. The van der Waals surface area contributed by atoms with Gasteiger partial charge in [0.1, 0.15) is 5.82 Å². The van der Waals surface area contributed by atoms with Crippen LogP contribution in [0.5, 0.6) is 0 Å². The van der Waals surface area contributed by atoms with Crippen LogP contribution in [0.2, 0.25) is 0 Å². The highest BCUT2D eigenvalue weighted by Crippen LogP contribution is 2.22. The molecule has 1 rings (SSSR count). The molecule has 0 aliphatic carbocycles. The van der Waals surface area contributed by atoms with E-state index in [9.17, 15) is 4.39 Å². The summed E-state index contributed by atoms with van der Waals surface area (Å²) in [7, 11) is 0. The molecule has 1 nitrogen and oxygen atoms in total. The maximum Gasteiger partial charge on any atom is 0.126 e. The van der Waals surface area contributed by atoms with Gasteiger partial charge in [0.15, 0.2) is 0 Å². The van der Waals surface area contributed by atoms with Crippen LogP contribution in [0.3, 0.4) is 0 Å². The Hall–Kier alpha value is -0.890. The van der Waals surface area contributed by atoms with Gasteiger partial charge in [-0.15, -0.1) is 0 Å². The number of hydrogen-bond acceptors (Lipinski definition) is 1. The summed E-state index contributed by atoms with van der Waals surface area (Å²) in [6.45, 7) is 5.79. The molecular weight excluding hydrogens is 179 g/mol. The summed E-state index contributed by atoms with van der Waals surface area (Å²) in [6, 6.07) is 5.24. The van der Waals surface area contributed by atoms with E-state index in [2.05, 4.69) is 0 Å². The number of aliphatic hydroxyl groups excluding tert-OH is 1. The fourth-order valence-corrected chi connectivity index (χ4v) is 1.35. The van der Waals surface area contributed by atoms with Crippen molar-refractivity contribution in [1.29, 1.82) is 0 Å². The largest absolute Gasteiger partial charge is 0.396 e. The molecule has 0 bridgehead atoms. The van der Waals surface area contributed by atoms with Crippen molar-refractivity contribution in [3.05, 3.63) is 35.1 Å². The lowest BCUT2D eigenvalue weighted by atomic mass is 9.86. The molecule has 1 aromatic carbocycles. The minimum atomic E-state index is -0.179. The Morgan fingerprint density at radius 2 is 2.00 bits per heavy atom. The third-order valence-electron chi connectivity index (χ3n) is 2.35. The fourth-order valence-electron chi connectivity index (χ4n) is 1.35. The van der Waals surface area contributed by atoms with Gasteiger partial charge in [-0.1, -0.05) is 26.0 Å². The number of benzene rings is 1. The SMILES string of the molecule is Cc1ccc(CC(C)(C)CO)cc1F. The van der Waals surface area contributed by atoms with Gasteiger partial charge in [0, 0.05) is 6.61 Å². The maximum absolute atomic E-state index is 13.2. The van der Waals surface area contributed by atoms with Gasteiger partial charge in [-0.2, -0.15) is 0 Å². The number of aliphatic hydroxyl groups is 1. The van der Waals surface area contributed by atoms with Gasteiger partial charge in [-0.05, 0) is 36.0 Å². The first kappa shape index (κ1) is 11.2. The van der Waals surface area contributed by atoms with Gasteiger partial charge in [0.25, 0.3) is 0 Å². The molecule has 0 saturated heterocycles. The highest BCUT2D eigenvalue weighted by atomic mass is 19.1. The maximum atomic E-state index is 13.2. The summed E-state index contributed by atoms with van der Waals surface area (Å²) in [4.78, 5) is 0. The highest BCUT2D eigenvalue weighted by molar-refractivity contribution is 5.24. The zero-order valence-electron chi connectivity index (χ0n) is 8.97. The van der Waals surface area contributed by atoms with E-state index in [1.165, 1.54) is 0 Å². The lowest BCUT2D eigenvalue weighted by Crippen LogP contribution is -2.19. The van der Waals surface area contributed by atoms with Gasteiger partial charge >= 0.3 is 0 Å². The highest BCUT2D eigenvalue weighted by Gasteiger charge is 2.17. The average molecular weight is 196 g/mol. The van der Waals surface area contributed by atoms with Crippen LogP contribution in [0.4, 0.5) is 4.39 Å². The van der Waals surface area contributed by atoms with Gasteiger partial charge in [-0.25, -0.2) is 4.39 Å². The second kappa shape index (κ2) is 4.09. The monoisotopic (exact) mass is 196 g/mol. The van der Waals surface area contributed by atoms with Crippen LogP contribution < -0.4 is 0 Å². The molecule has 0 saturated carbocycles. The standard InChI is InChI=1S/C12H17FO/c1-9-4-5-10(6-11(9)13)7-12(2,3)8-14/h4-6,14H,7-8H2,1-3H3. The minimum Gasteiger partial charge on any atom is -0.396 e. The van der Waals surface area contributed by atoms with Crippen molar-refractivity contribution in [2.24, 2.45) is 5.41 Å². The normalized spacial score (nSPS) is 11.8. The summed E-state index contributed by atoms with van der Waals surface area (Å²) in [5.74, 6) is -0.170. The summed E-state index contributed by atoms with van der Waals surface area (Å²) in [6.07, 6.45) is 0.695. The van der Waals surface area contributed by atoms with Crippen LogP contribution in [0, 0.1) is 18.2 Å². The van der Waals surface area contributed by atoms with Crippen molar-refractivity contribution < 1.29 is 9.50 Å². The summed E-state index contributed by atoms with van der Waals surface area (Å²) >= 11 is 0. The molecule has 14 heavy (non-hydrogen) atoms. The van der Waals surface area contributed by atoms with E-state index in [0.29, 0.717) is 12.0 Å². The smallest absolute Gasteiger partial charge is 0.126 e. The van der Waals surface area contributed by atoms with Crippen molar-refractivity contribution in [3.63, 3.8) is 0 Å². The molecule has 0 unspecified atom stereocenters. The van der Waals surface area contributed by atoms with E-state index < -0.39 is 0 Å². The molecule has 1 N–H and O–H groups in total. The van der Waals surface area contributed by atoms with E-state index in [4.69, 9.17) is 5.11 Å². The molecule has 0 heterocycles. The molecule has 0 amide bonds. The molecule has 0 atom stereocenters. The molecule has 0 aliphatic rings. The quantitative estimate of drug-likeness (QED) is 0.788. The topological polar surface area (TPSA) is 20.2 Å². The predicted octanol–water partition coefficient (Wildman–Crippen LogP) is 2.70. The lowest BCUT2D eigenvalue weighted by Gasteiger charge is -2.21. The van der Waals surface area contributed by atoms with Crippen molar-refractivity contribution in [1.82, 2.24) is 0 Å². The van der Waals surface area contributed by atoms with E-state index >= 15 is 0 Å². The van der Waals surface area contributed by atoms with E-state index in [0.717, 1.165) is 5.56 Å². The third-order valence-corrected chi connectivity index (χ3v) is 2.35. The molecule has 0 aromatic heterocycles. The van der Waals surface area contributed by atoms with Crippen molar-refractivity contribution in [2.45, 2.75) is 27.2 Å². The van der Waals surface area contributed by atoms with Crippen molar-refractivity contribution in [3.8, 4) is 0 Å². The van der Waals surface area contributed by atoms with E-state index in [1.807, 2.05) is 19.9 Å². The molecule has 0 fully saturated rings. The van der Waals surface area contributed by atoms with Gasteiger partial charge < -0.3 is 5.11 Å². The van der Waals surface area contributed by atoms with E-state index in [1.54, 1.807) is 19.1 Å². The number of aryl methyl sites for hydroxylation is 1. The van der Waals surface area contributed by atoms with Crippen LogP contribution in [-0.2, 0) is 6.42 Å². The molecule has 78 valence electrons. The lowest BCUT2D eigenvalue weighted by molar-refractivity contribution is 0.159. The van der Waals surface area contributed by atoms with Gasteiger partial charge in [0.2, 0.25) is 0 Å². The van der Waals surface area contributed by atoms with Crippen LogP contribution in [-0.4, -0.2) is 11.7 Å². The average Bonchev–Trinajstić information content (AvgIpc) is 2.11. The Morgan fingerprint density at radius 3 is 2.50 bits per heavy atom. The van der Waals surface area contributed by atoms with Crippen molar-refractivity contribution >= 4 is 0 Å². The number of rotatable bonds is 3. The second-order valence-corrected chi connectivity index (χ2v) is 4.58. The number of hydrogen-bond donors (Lipinski definition) is 1. The Morgan fingerprint density at radius 1 is 1.36 bits per heavy atom. The fraction of sp³-hybridized carbons (Fsp3) is 0.500. The first-order valence-electron chi connectivity index (χ1n) is 4.80. The van der Waals surface area contributed by atoms with Crippen LogP contribution in [0.15, 0.2) is 18.2 Å². The molecular formula is C12H17FO. The van der Waals surface area contributed by atoms with Gasteiger partial charge in [0.05, 0.1) is 0 Å². The Balaban J connectivity index is 2.83. The van der Waals surface area contributed by atoms with Crippen LogP contribution >= 0.6 is 0 Å². The Kier molecular flexibility index (Phi) is 3.27. The van der Waals surface area contributed by atoms with E-state index in [-0.39, 0.29) is 17.8 Å². The zero-order valence-corrected chi connectivity index (χ0v) is 8.97. The summed E-state index contributed by atoms with van der Waals surface area (Å²) < 4.78 is 13.2. The van der Waals surface area contributed by atoms with Gasteiger partial charge in [-0.3, -0.25) is 0 Å². The molecule has 2 heteroatoms. The third kappa shape index (κ3) is 2.81. The van der Waals surface area contributed by atoms with Crippen molar-refractivity contribution in [2.75, 3.05) is 6.61 Å². The first-order chi connectivity index (χ1) is 6.44. The first-order valence-corrected chi connectivity index (χ1v) is 4.80. The summed E-state index contributed by atoms with van der Waals surface area (Å²) in [5, 5.41) is 9.09. The van der Waals surface area contributed by atoms with Crippen LogP contribution in [0.1, 0.15) is 25.0 Å². The number of halogens is 1. The molecule has 0 spiro atoms. The Labute approximate surface area is 84.6 Å². The Bertz CT molecular complexity index is 318. The molecule has 0 aliphatic heterocycles. The molecule has 1 aromatic rings. The zero-order chi connectivity index (χ0) is 10.8. The second-order valence-electron chi connectivity index (χ2n) is 4.58. The molecule has 0 radical (unpaired) electrons. The van der Waals surface area contributed by atoms with Crippen LogP contribution in [0.25, 0.3) is 0 Å².